The number of aryl methyl sites for hydroxylation is 1. The summed E-state index contributed by atoms with van der Waals surface area (Å²) < 4.78 is 22.6. The van der Waals surface area contributed by atoms with Crippen molar-refractivity contribution in [1.82, 2.24) is 24.8 Å². The molecule has 2 aliphatic heterocycles. The SMILES string of the molecule is CCc1cc(C(=O)N2CCCCCC2C)nc2cc(-c3ccc(NC(=NCC4CCCO4)NC#N)cc3F)nn12. The Morgan fingerprint density at radius 1 is 1.23 bits per heavy atom. The molecule has 210 valence electrons. The zero-order valence-electron chi connectivity index (χ0n) is 23.0. The number of nitrogens with one attached hydrogen (secondary N) is 2. The summed E-state index contributed by atoms with van der Waals surface area (Å²) in [5.41, 5.74) is 2.88. The molecule has 3 aromatic rings. The number of anilines is 1. The summed E-state index contributed by atoms with van der Waals surface area (Å²) >= 11 is 0. The maximum Gasteiger partial charge on any atom is 0.272 e. The predicted octanol–water partition coefficient (Wildman–Crippen LogP) is 4.52. The minimum Gasteiger partial charge on any atom is -0.376 e. The monoisotopic (exact) mass is 546 g/mol. The summed E-state index contributed by atoms with van der Waals surface area (Å²) in [5.74, 6) is -0.332. The summed E-state index contributed by atoms with van der Waals surface area (Å²) in [6.07, 6.45) is 8.68. The fourth-order valence-corrected chi connectivity index (χ4v) is 5.34. The van der Waals surface area contributed by atoms with E-state index in [9.17, 15) is 4.79 Å². The Balaban J connectivity index is 1.39. The van der Waals surface area contributed by atoms with E-state index in [1.165, 1.54) is 6.07 Å². The molecule has 11 heteroatoms. The zero-order valence-corrected chi connectivity index (χ0v) is 23.0. The van der Waals surface area contributed by atoms with E-state index < -0.39 is 5.82 Å². The second kappa shape index (κ2) is 12.4. The van der Waals surface area contributed by atoms with E-state index >= 15 is 4.39 Å². The second-order valence-electron chi connectivity index (χ2n) is 10.4. The minimum absolute atomic E-state index is 0.0247. The first-order valence-electron chi connectivity index (χ1n) is 14.1. The maximum atomic E-state index is 15.3. The Morgan fingerprint density at radius 2 is 2.10 bits per heavy atom. The van der Waals surface area contributed by atoms with Crippen molar-refractivity contribution in [2.45, 2.75) is 70.9 Å². The highest BCUT2D eigenvalue weighted by molar-refractivity contribution is 5.95. The Morgan fingerprint density at radius 3 is 2.85 bits per heavy atom. The van der Waals surface area contributed by atoms with Crippen LogP contribution in [0.1, 0.15) is 68.6 Å². The molecule has 2 atom stereocenters. The van der Waals surface area contributed by atoms with Gasteiger partial charge in [0.2, 0.25) is 5.96 Å². The molecule has 0 radical (unpaired) electrons. The lowest BCUT2D eigenvalue weighted by atomic mass is 10.1. The number of fused-ring (bicyclic) bond motifs is 1. The summed E-state index contributed by atoms with van der Waals surface area (Å²) in [7, 11) is 0. The maximum absolute atomic E-state index is 15.3. The van der Waals surface area contributed by atoms with Crippen LogP contribution in [0.2, 0.25) is 0 Å². The van der Waals surface area contributed by atoms with E-state index in [0.717, 1.165) is 57.4 Å². The molecule has 2 aliphatic rings. The largest absolute Gasteiger partial charge is 0.376 e. The standard InChI is InChI=1S/C29H35FN8O2/c1-3-21-15-26(28(39)37-12-6-4-5-8-19(37)2)35-27-16-25(36-38(21)27)23-11-10-20(14-24(23)30)34-29(33-18-31)32-17-22-9-7-13-40-22/h10-11,14-16,19,22H,3-9,12-13,17H2,1-2H3,(H2,32,33,34). The number of hydrogen-bond acceptors (Lipinski definition) is 6. The van der Waals surface area contributed by atoms with Gasteiger partial charge in [-0.25, -0.2) is 18.9 Å². The molecule has 1 aromatic carbocycles. The molecule has 2 unspecified atom stereocenters. The Labute approximate surface area is 233 Å². The van der Waals surface area contributed by atoms with E-state index in [1.807, 2.05) is 18.0 Å². The fourth-order valence-electron chi connectivity index (χ4n) is 5.34. The average molecular weight is 547 g/mol. The van der Waals surface area contributed by atoms with Crippen LogP contribution in [0.15, 0.2) is 35.3 Å². The van der Waals surface area contributed by atoms with E-state index in [-0.39, 0.29) is 24.0 Å². The molecule has 0 saturated carbocycles. The van der Waals surface area contributed by atoms with Gasteiger partial charge in [-0.15, -0.1) is 0 Å². The summed E-state index contributed by atoms with van der Waals surface area (Å²) in [5, 5.41) is 19.2. The third kappa shape index (κ3) is 6.07. The van der Waals surface area contributed by atoms with Gasteiger partial charge in [-0.1, -0.05) is 19.8 Å². The molecule has 10 nitrogen and oxygen atoms in total. The van der Waals surface area contributed by atoms with Crippen molar-refractivity contribution in [2.24, 2.45) is 4.99 Å². The number of aromatic nitrogens is 3. The topological polar surface area (TPSA) is 120 Å². The number of aliphatic imine (C=N–C) groups is 1. The number of rotatable bonds is 6. The van der Waals surface area contributed by atoms with Crippen LogP contribution in [0.25, 0.3) is 16.9 Å². The molecular weight excluding hydrogens is 511 g/mol. The first kappa shape index (κ1) is 27.5. The normalized spacial score (nSPS) is 19.9. The minimum atomic E-state index is -0.489. The van der Waals surface area contributed by atoms with Gasteiger partial charge in [0, 0.05) is 42.2 Å². The Kier molecular flexibility index (Phi) is 8.55. The van der Waals surface area contributed by atoms with Crippen molar-refractivity contribution in [2.75, 3.05) is 25.0 Å². The van der Waals surface area contributed by atoms with Gasteiger partial charge in [-0.2, -0.15) is 10.4 Å². The summed E-state index contributed by atoms with van der Waals surface area (Å²) in [6, 6.07) is 8.34. The lowest BCUT2D eigenvalue weighted by Gasteiger charge is -2.27. The number of likely N-dealkylation sites (tertiary alicyclic amines) is 1. The number of benzene rings is 1. The van der Waals surface area contributed by atoms with Crippen LogP contribution in [0.5, 0.6) is 0 Å². The third-order valence-electron chi connectivity index (χ3n) is 7.56. The molecule has 5 rings (SSSR count). The van der Waals surface area contributed by atoms with Gasteiger partial charge in [0.25, 0.3) is 5.91 Å². The van der Waals surface area contributed by atoms with Gasteiger partial charge in [-0.3, -0.25) is 10.1 Å². The van der Waals surface area contributed by atoms with Crippen molar-refractivity contribution >= 4 is 23.2 Å². The van der Waals surface area contributed by atoms with E-state index in [4.69, 9.17) is 10.00 Å². The molecule has 0 bridgehead atoms. The first-order chi connectivity index (χ1) is 19.5. The number of nitrogens with zero attached hydrogens (tertiary/aromatic N) is 6. The van der Waals surface area contributed by atoms with Crippen LogP contribution in [-0.2, 0) is 11.2 Å². The second-order valence-corrected chi connectivity index (χ2v) is 10.4. The van der Waals surface area contributed by atoms with Crippen LogP contribution >= 0.6 is 0 Å². The number of halogens is 1. The Bertz CT molecular complexity index is 1440. The summed E-state index contributed by atoms with van der Waals surface area (Å²) in [4.78, 5) is 24.4. The van der Waals surface area contributed by atoms with Gasteiger partial charge >= 0.3 is 0 Å². The zero-order chi connectivity index (χ0) is 28.1. The average Bonchev–Trinajstić information content (AvgIpc) is 3.58. The van der Waals surface area contributed by atoms with Crippen molar-refractivity contribution in [3.8, 4) is 17.5 Å². The van der Waals surface area contributed by atoms with Gasteiger partial charge < -0.3 is 15.0 Å². The number of nitriles is 1. The molecule has 2 aromatic heterocycles. The predicted molar refractivity (Wildman–Crippen MR) is 150 cm³/mol. The molecule has 1 amide bonds. The number of hydrogen-bond donors (Lipinski definition) is 2. The van der Waals surface area contributed by atoms with Gasteiger partial charge in [0.15, 0.2) is 11.8 Å². The van der Waals surface area contributed by atoms with Crippen LogP contribution in [0, 0.1) is 17.3 Å². The molecule has 2 saturated heterocycles. The molecule has 2 fully saturated rings. The first-order valence-corrected chi connectivity index (χ1v) is 14.1. The number of guanidine groups is 1. The van der Waals surface area contributed by atoms with Gasteiger partial charge in [0.05, 0.1) is 18.3 Å². The number of amides is 1. The van der Waals surface area contributed by atoms with Crippen LogP contribution in [0.4, 0.5) is 10.1 Å². The van der Waals surface area contributed by atoms with Crippen molar-refractivity contribution in [3.63, 3.8) is 0 Å². The lowest BCUT2D eigenvalue weighted by molar-refractivity contribution is 0.0691. The molecule has 0 aliphatic carbocycles. The smallest absolute Gasteiger partial charge is 0.272 e. The van der Waals surface area contributed by atoms with Crippen LogP contribution in [-0.4, -0.2) is 63.2 Å². The van der Waals surface area contributed by atoms with E-state index in [2.05, 4.69) is 32.6 Å². The lowest BCUT2D eigenvalue weighted by Crippen LogP contribution is -2.38. The molecular formula is C29H35FN8O2. The highest BCUT2D eigenvalue weighted by atomic mass is 19.1. The fraction of sp³-hybridized carbons (Fsp3) is 0.483. The highest BCUT2D eigenvalue weighted by Gasteiger charge is 2.25. The van der Waals surface area contributed by atoms with Crippen molar-refractivity contribution < 1.29 is 13.9 Å². The number of carbonyl (C=O) groups is 1. The molecule has 2 N–H and O–H groups in total. The highest BCUT2D eigenvalue weighted by Crippen LogP contribution is 2.27. The van der Waals surface area contributed by atoms with Gasteiger partial charge in [0.1, 0.15) is 11.5 Å². The number of carbonyl (C=O) groups excluding carboxylic acids is 1. The molecule has 4 heterocycles. The quantitative estimate of drug-likeness (QED) is 0.202. The summed E-state index contributed by atoms with van der Waals surface area (Å²) in [6.45, 7) is 5.94. The third-order valence-corrected chi connectivity index (χ3v) is 7.56. The molecule has 40 heavy (non-hydrogen) atoms. The van der Waals surface area contributed by atoms with E-state index in [1.54, 1.807) is 28.8 Å². The van der Waals surface area contributed by atoms with Gasteiger partial charge in [-0.05, 0) is 63.3 Å². The molecule has 0 spiro atoms. The Hall–Kier alpha value is -4.04. The van der Waals surface area contributed by atoms with Crippen LogP contribution in [0.3, 0.4) is 0 Å². The van der Waals surface area contributed by atoms with Crippen molar-refractivity contribution in [3.05, 3.63) is 47.5 Å². The van der Waals surface area contributed by atoms with Crippen molar-refractivity contribution in [1.29, 1.82) is 5.26 Å². The van der Waals surface area contributed by atoms with E-state index in [0.29, 0.717) is 41.3 Å². The number of ether oxygens (including phenoxy) is 1. The van der Waals surface area contributed by atoms with Crippen LogP contribution < -0.4 is 10.6 Å².